The van der Waals surface area contributed by atoms with Gasteiger partial charge >= 0.3 is 0 Å². The number of hydrogen-bond donors (Lipinski definition) is 0. The molecule has 1 aromatic heterocycles. The molecule has 2 fully saturated rings. The van der Waals surface area contributed by atoms with E-state index in [1.165, 1.54) is 0 Å². The summed E-state index contributed by atoms with van der Waals surface area (Å²) in [6.45, 7) is 2.65. The summed E-state index contributed by atoms with van der Waals surface area (Å²) in [5.41, 5.74) is 0.0337. The first-order valence-electron chi connectivity index (χ1n) is 6.50. The molecule has 0 amide bonds. The Morgan fingerprint density at radius 2 is 2.06 bits per heavy atom. The zero-order valence-electron chi connectivity index (χ0n) is 10.7. The van der Waals surface area contributed by atoms with Crippen molar-refractivity contribution in [2.45, 2.75) is 31.0 Å². The number of hydrogen-bond acceptors (Lipinski definition) is 5. The smallest absolute Gasteiger partial charge is 0.225 e. The molecule has 1 spiro atoms. The van der Waals surface area contributed by atoms with Gasteiger partial charge in [-0.2, -0.15) is 0 Å². The lowest BCUT2D eigenvalue weighted by molar-refractivity contribution is -0.0178. The normalized spacial score (nSPS) is 26.7. The first-order valence-corrected chi connectivity index (χ1v) is 6.50. The topological polar surface area (TPSA) is 47.5 Å². The fourth-order valence-corrected chi connectivity index (χ4v) is 2.87. The molecular formula is C13H19N3O2. The molecule has 3 heterocycles. The van der Waals surface area contributed by atoms with Gasteiger partial charge in [-0.25, -0.2) is 9.97 Å². The molecule has 3 rings (SSSR count). The second kappa shape index (κ2) is 4.82. The number of anilines is 1. The van der Waals surface area contributed by atoms with Gasteiger partial charge in [-0.1, -0.05) is 0 Å². The average Bonchev–Trinajstić information content (AvgIpc) is 2.84. The van der Waals surface area contributed by atoms with Crippen molar-refractivity contribution in [3.05, 3.63) is 18.5 Å². The molecule has 18 heavy (non-hydrogen) atoms. The second-order valence-electron chi connectivity index (χ2n) is 5.09. The van der Waals surface area contributed by atoms with E-state index in [1.807, 2.05) is 6.07 Å². The maximum Gasteiger partial charge on any atom is 0.225 e. The first-order chi connectivity index (χ1) is 8.81. The van der Waals surface area contributed by atoms with Crippen molar-refractivity contribution >= 4 is 5.95 Å². The minimum Gasteiger partial charge on any atom is -0.379 e. The van der Waals surface area contributed by atoms with Gasteiger partial charge in [-0.05, 0) is 18.9 Å². The summed E-state index contributed by atoms with van der Waals surface area (Å²) in [5, 5.41) is 0. The van der Waals surface area contributed by atoms with Crippen molar-refractivity contribution in [2.24, 2.45) is 0 Å². The fourth-order valence-electron chi connectivity index (χ4n) is 2.87. The Labute approximate surface area is 107 Å². The van der Waals surface area contributed by atoms with Crippen LogP contribution >= 0.6 is 0 Å². The van der Waals surface area contributed by atoms with Crippen molar-refractivity contribution < 1.29 is 9.47 Å². The Bertz CT molecular complexity index is 390. The summed E-state index contributed by atoms with van der Waals surface area (Å²) in [6, 6.07) is 1.85. The van der Waals surface area contributed by atoms with E-state index < -0.39 is 0 Å². The SMILES string of the molecule is COC1COC2(CCN(c3ncccn3)CC2)C1. The Balaban J connectivity index is 1.62. The number of nitrogens with zero attached hydrogens (tertiary/aromatic N) is 3. The van der Waals surface area contributed by atoms with E-state index in [9.17, 15) is 0 Å². The van der Waals surface area contributed by atoms with Gasteiger partial charge in [-0.15, -0.1) is 0 Å². The Kier molecular flexibility index (Phi) is 3.18. The second-order valence-corrected chi connectivity index (χ2v) is 5.09. The Morgan fingerprint density at radius 1 is 1.33 bits per heavy atom. The van der Waals surface area contributed by atoms with Crippen LogP contribution in [0.2, 0.25) is 0 Å². The highest BCUT2D eigenvalue weighted by molar-refractivity contribution is 5.29. The molecule has 0 aromatic carbocycles. The third kappa shape index (κ3) is 2.20. The predicted molar refractivity (Wildman–Crippen MR) is 67.6 cm³/mol. The standard InChI is InChI=1S/C13H19N3O2/c1-17-11-9-13(18-10-11)3-7-16(8-4-13)12-14-5-2-6-15-12/h2,5-6,11H,3-4,7-10H2,1H3. The number of aromatic nitrogens is 2. The lowest BCUT2D eigenvalue weighted by Crippen LogP contribution is -2.44. The van der Waals surface area contributed by atoms with Crippen LogP contribution < -0.4 is 4.90 Å². The number of methoxy groups -OCH3 is 1. The van der Waals surface area contributed by atoms with E-state index in [2.05, 4.69) is 14.9 Å². The molecule has 5 heteroatoms. The highest BCUT2D eigenvalue weighted by Crippen LogP contribution is 2.37. The van der Waals surface area contributed by atoms with Crippen LogP contribution in [0.25, 0.3) is 0 Å². The van der Waals surface area contributed by atoms with Crippen molar-refractivity contribution in [3.63, 3.8) is 0 Å². The summed E-state index contributed by atoms with van der Waals surface area (Å²) in [6.07, 6.45) is 6.94. The highest BCUT2D eigenvalue weighted by atomic mass is 16.6. The lowest BCUT2D eigenvalue weighted by Gasteiger charge is -2.38. The summed E-state index contributed by atoms with van der Waals surface area (Å²) in [7, 11) is 1.76. The van der Waals surface area contributed by atoms with Gasteiger partial charge < -0.3 is 14.4 Å². The molecule has 0 bridgehead atoms. The van der Waals surface area contributed by atoms with Crippen LogP contribution in [-0.2, 0) is 9.47 Å². The minimum absolute atomic E-state index is 0.0337. The Hall–Kier alpha value is -1.20. The molecule has 98 valence electrons. The molecule has 1 atom stereocenters. The van der Waals surface area contributed by atoms with Crippen molar-refractivity contribution in [1.29, 1.82) is 0 Å². The molecule has 0 saturated carbocycles. The van der Waals surface area contributed by atoms with Gasteiger partial charge in [0.15, 0.2) is 0 Å². The molecule has 2 aliphatic rings. The summed E-state index contributed by atoms with van der Waals surface area (Å²) in [5.74, 6) is 0.827. The maximum absolute atomic E-state index is 5.98. The maximum atomic E-state index is 5.98. The number of piperidine rings is 1. The van der Waals surface area contributed by atoms with E-state index in [0.29, 0.717) is 0 Å². The van der Waals surface area contributed by atoms with Gasteiger partial charge in [0.1, 0.15) is 0 Å². The number of ether oxygens (including phenoxy) is 2. The van der Waals surface area contributed by atoms with Gasteiger partial charge in [0.2, 0.25) is 5.95 Å². The molecule has 0 N–H and O–H groups in total. The van der Waals surface area contributed by atoms with Gasteiger partial charge in [0.05, 0.1) is 18.3 Å². The van der Waals surface area contributed by atoms with Crippen molar-refractivity contribution in [2.75, 3.05) is 31.7 Å². The molecule has 2 aliphatic heterocycles. The van der Waals surface area contributed by atoms with Crippen LogP contribution in [-0.4, -0.2) is 48.5 Å². The third-order valence-corrected chi connectivity index (χ3v) is 4.02. The Morgan fingerprint density at radius 3 is 2.67 bits per heavy atom. The van der Waals surface area contributed by atoms with Crippen molar-refractivity contribution in [3.8, 4) is 0 Å². The van der Waals surface area contributed by atoms with E-state index in [-0.39, 0.29) is 11.7 Å². The van der Waals surface area contributed by atoms with Crippen LogP contribution in [0.5, 0.6) is 0 Å². The van der Waals surface area contributed by atoms with Gasteiger partial charge in [0, 0.05) is 39.0 Å². The quantitative estimate of drug-likeness (QED) is 0.789. The minimum atomic E-state index is 0.0337. The summed E-state index contributed by atoms with van der Waals surface area (Å²) < 4.78 is 11.4. The molecule has 0 aliphatic carbocycles. The number of rotatable bonds is 2. The highest BCUT2D eigenvalue weighted by Gasteiger charge is 2.43. The van der Waals surface area contributed by atoms with Crippen molar-refractivity contribution in [1.82, 2.24) is 9.97 Å². The van der Waals surface area contributed by atoms with Gasteiger partial charge in [-0.3, -0.25) is 0 Å². The molecule has 1 unspecified atom stereocenters. The third-order valence-electron chi connectivity index (χ3n) is 4.02. The molecule has 5 nitrogen and oxygen atoms in total. The largest absolute Gasteiger partial charge is 0.379 e. The lowest BCUT2D eigenvalue weighted by atomic mass is 9.88. The van der Waals surface area contributed by atoms with Crippen LogP contribution in [0.1, 0.15) is 19.3 Å². The van der Waals surface area contributed by atoms with Gasteiger partial charge in [0.25, 0.3) is 0 Å². The van der Waals surface area contributed by atoms with Crippen LogP contribution in [0.3, 0.4) is 0 Å². The van der Waals surface area contributed by atoms with E-state index in [1.54, 1.807) is 19.5 Å². The fraction of sp³-hybridized carbons (Fsp3) is 0.692. The van der Waals surface area contributed by atoms with Crippen LogP contribution in [0.15, 0.2) is 18.5 Å². The molecule has 2 saturated heterocycles. The zero-order chi connectivity index (χ0) is 12.4. The molecule has 1 aromatic rings. The van der Waals surface area contributed by atoms with E-state index >= 15 is 0 Å². The molecule has 0 radical (unpaired) electrons. The molecular weight excluding hydrogens is 230 g/mol. The zero-order valence-corrected chi connectivity index (χ0v) is 10.7. The predicted octanol–water partition coefficient (Wildman–Crippen LogP) is 1.25. The van der Waals surface area contributed by atoms with Crippen LogP contribution in [0, 0.1) is 0 Å². The average molecular weight is 249 g/mol. The first kappa shape index (κ1) is 11.9. The monoisotopic (exact) mass is 249 g/mol. The van der Waals surface area contributed by atoms with E-state index in [0.717, 1.165) is 44.9 Å². The summed E-state index contributed by atoms with van der Waals surface area (Å²) in [4.78, 5) is 10.8. The van der Waals surface area contributed by atoms with E-state index in [4.69, 9.17) is 9.47 Å². The van der Waals surface area contributed by atoms with Crippen LogP contribution in [0.4, 0.5) is 5.95 Å². The summed E-state index contributed by atoms with van der Waals surface area (Å²) >= 11 is 0.